The van der Waals surface area contributed by atoms with E-state index in [1.54, 1.807) is 39.5 Å². The van der Waals surface area contributed by atoms with Gasteiger partial charge in [0.2, 0.25) is 23.4 Å². The number of benzene rings is 1. The minimum atomic E-state index is 0.0485. The molecule has 0 spiro atoms. The third-order valence-electron chi connectivity index (χ3n) is 7.00. The number of aromatic nitrogens is 3. The van der Waals surface area contributed by atoms with Crippen LogP contribution >= 0.6 is 0 Å². The van der Waals surface area contributed by atoms with Gasteiger partial charge in [-0.05, 0) is 37.0 Å². The topological polar surface area (TPSA) is 109 Å². The maximum atomic E-state index is 13.0. The van der Waals surface area contributed by atoms with Gasteiger partial charge in [0, 0.05) is 55.7 Å². The first-order valence-corrected chi connectivity index (χ1v) is 12.1. The Bertz CT molecular complexity index is 1290. The number of pyridine rings is 1. The number of fused-ring (bicyclic) bond motifs is 4. The van der Waals surface area contributed by atoms with Crippen LogP contribution in [0, 0.1) is 5.92 Å². The number of likely N-dealkylation sites (tertiary alicyclic amines) is 1. The van der Waals surface area contributed by atoms with E-state index in [0.717, 1.165) is 12.1 Å². The molecule has 5 rings (SSSR count). The first kappa shape index (κ1) is 23.9. The molecule has 0 unspecified atom stereocenters. The van der Waals surface area contributed by atoms with Crippen molar-refractivity contribution in [2.45, 2.75) is 38.1 Å². The quantitative estimate of drug-likeness (QED) is 0.470. The zero-order chi connectivity index (χ0) is 25.2. The summed E-state index contributed by atoms with van der Waals surface area (Å²) in [4.78, 5) is 31.6. The van der Waals surface area contributed by atoms with Crippen LogP contribution in [0.15, 0.2) is 39.6 Å². The molecule has 3 aromatic rings. The largest absolute Gasteiger partial charge is 0.493 e. The Labute approximate surface area is 208 Å². The molecule has 10 heteroatoms. The van der Waals surface area contributed by atoms with E-state index in [4.69, 9.17) is 18.7 Å². The zero-order valence-electron chi connectivity index (χ0n) is 20.7. The lowest BCUT2D eigenvalue weighted by Crippen LogP contribution is -2.49. The van der Waals surface area contributed by atoms with Crippen LogP contribution in [0.5, 0.6) is 17.2 Å². The molecule has 4 heterocycles. The predicted octanol–water partition coefficient (Wildman–Crippen LogP) is 2.89. The molecule has 190 valence electrons. The number of carbonyl (C=O) groups excluding carboxylic acids is 1. The highest BCUT2D eigenvalue weighted by Crippen LogP contribution is 2.40. The van der Waals surface area contributed by atoms with E-state index >= 15 is 0 Å². The molecule has 1 aromatic carbocycles. The molecule has 10 nitrogen and oxygen atoms in total. The van der Waals surface area contributed by atoms with Crippen molar-refractivity contribution in [3.05, 3.63) is 52.3 Å². The normalized spacial score (nSPS) is 18.5. The lowest BCUT2D eigenvalue weighted by Gasteiger charge is -2.42. The highest BCUT2D eigenvalue weighted by molar-refractivity contribution is 5.76. The summed E-state index contributed by atoms with van der Waals surface area (Å²) in [5.41, 5.74) is 1.77. The lowest BCUT2D eigenvalue weighted by molar-refractivity contribution is -0.134. The van der Waals surface area contributed by atoms with Crippen LogP contribution in [-0.2, 0) is 17.8 Å². The van der Waals surface area contributed by atoms with Crippen molar-refractivity contribution in [2.75, 3.05) is 34.4 Å². The van der Waals surface area contributed by atoms with Gasteiger partial charge in [-0.1, -0.05) is 11.2 Å². The second kappa shape index (κ2) is 10.0. The van der Waals surface area contributed by atoms with Gasteiger partial charge in [-0.15, -0.1) is 0 Å². The Kier molecular flexibility index (Phi) is 6.67. The minimum absolute atomic E-state index is 0.0485. The van der Waals surface area contributed by atoms with Crippen LogP contribution in [0.1, 0.15) is 36.8 Å². The Balaban J connectivity index is 1.19. The number of amides is 1. The molecular weight excluding hydrogens is 464 g/mol. The standard InChI is InChI=1S/C26H30N4O6/c1-33-20-11-17(12-21(34-2)25(20)35-3)26-27-22(36-28-26)7-5-8-23(31)29-13-16-10-18(15-29)19-6-4-9-24(32)30(19)14-16/h4,6,9,11-12,16,18H,5,7-8,10,13-15H2,1-3H3/t16-,18-/m1/s1. The molecule has 0 radical (unpaired) electrons. The molecule has 2 atom stereocenters. The van der Waals surface area contributed by atoms with Crippen molar-refractivity contribution in [1.29, 1.82) is 0 Å². The van der Waals surface area contributed by atoms with Crippen LogP contribution < -0.4 is 19.8 Å². The Hall–Kier alpha value is -3.82. The maximum Gasteiger partial charge on any atom is 0.250 e. The van der Waals surface area contributed by atoms with E-state index in [1.807, 2.05) is 21.6 Å². The molecule has 2 aromatic heterocycles. The van der Waals surface area contributed by atoms with E-state index in [1.165, 1.54) is 0 Å². The van der Waals surface area contributed by atoms with Gasteiger partial charge >= 0.3 is 0 Å². The molecule has 36 heavy (non-hydrogen) atoms. The molecule has 1 saturated heterocycles. The van der Waals surface area contributed by atoms with Crippen molar-refractivity contribution < 1.29 is 23.5 Å². The molecule has 2 aliphatic heterocycles. The lowest BCUT2D eigenvalue weighted by atomic mass is 9.83. The molecule has 1 fully saturated rings. The Morgan fingerprint density at radius 2 is 1.86 bits per heavy atom. The summed E-state index contributed by atoms with van der Waals surface area (Å²) in [6.45, 7) is 2.04. The fourth-order valence-electron chi connectivity index (χ4n) is 5.33. The highest BCUT2D eigenvalue weighted by atomic mass is 16.5. The number of hydrogen-bond donors (Lipinski definition) is 0. The average Bonchev–Trinajstić information content (AvgIpc) is 3.37. The first-order chi connectivity index (χ1) is 17.5. The summed E-state index contributed by atoms with van der Waals surface area (Å²) in [5, 5.41) is 4.09. The third kappa shape index (κ3) is 4.55. The fourth-order valence-corrected chi connectivity index (χ4v) is 5.33. The predicted molar refractivity (Wildman–Crippen MR) is 130 cm³/mol. The Morgan fingerprint density at radius 3 is 2.58 bits per heavy atom. The van der Waals surface area contributed by atoms with Gasteiger partial charge in [-0.2, -0.15) is 4.98 Å². The zero-order valence-corrected chi connectivity index (χ0v) is 20.7. The maximum absolute atomic E-state index is 13.0. The second-order valence-corrected chi connectivity index (χ2v) is 9.28. The van der Waals surface area contributed by atoms with Crippen LogP contribution in [0.25, 0.3) is 11.4 Å². The van der Waals surface area contributed by atoms with Gasteiger partial charge in [0.25, 0.3) is 5.56 Å². The average molecular weight is 495 g/mol. The summed E-state index contributed by atoms with van der Waals surface area (Å²) in [6, 6.07) is 8.96. The van der Waals surface area contributed by atoms with Crippen molar-refractivity contribution in [3.8, 4) is 28.6 Å². The van der Waals surface area contributed by atoms with E-state index < -0.39 is 0 Å². The number of hydrogen-bond acceptors (Lipinski definition) is 8. The summed E-state index contributed by atoms with van der Waals surface area (Å²) in [5.74, 6) is 3.03. The highest BCUT2D eigenvalue weighted by Gasteiger charge is 2.36. The van der Waals surface area contributed by atoms with Crippen LogP contribution in [0.2, 0.25) is 0 Å². The van der Waals surface area contributed by atoms with Crippen LogP contribution in [0.3, 0.4) is 0 Å². The minimum Gasteiger partial charge on any atom is -0.493 e. The Morgan fingerprint density at radius 1 is 1.08 bits per heavy atom. The first-order valence-electron chi connectivity index (χ1n) is 12.1. The second-order valence-electron chi connectivity index (χ2n) is 9.28. The summed E-state index contributed by atoms with van der Waals surface area (Å²) < 4.78 is 23.5. The fraction of sp³-hybridized carbons (Fsp3) is 0.462. The van der Waals surface area contributed by atoms with Gasteiger partial charge in [-0.3, -0.25) is 9.59 Å². The van der Waals surface area contributed by atoms with Gasteiger partial charge in [0.1, 0.15) is 0 Å². The summed E-state index contributed by atoms with van der Waals surface area (Å²) in [7, 11) is 4.64. The SMILES string of the molecule is COc1cc(-c2noc(CCCC(=O)N3C[C@H]4C[C@H](C3)c3cccc(=O)n3C4)n2)cc(OC)c1OC. The van der Waals surface area contributed by atoms with E-state index in [0.29, 0.717) is 79.3 Å². The van der Waals surface area contributed by atoms with Crippen molar-refractivity contribution in [2.24, 2.45) is 5.92 Å². The summed E-state index contributed by atoms with van der Waals surface area (Å²) >= 11 is 0. The smallest absolute Gasteiger partial charge is 0.250 e. The molecule has 0 aliphatic carbocycles. The number of carbonyl (C=O) groups is 1. The number of methoxy groups -OCH3 is 3. The van der Waals surface area contributed by atoms with E-state index in [2.05, 4.69) is 10.1 Å². The van der Waals surface area contributed by atoms with Crippen LogP contribution in [-0.4, -0.2) is 59.9 Å². The number of rotatable bonds is 8. The molecule has 2 aliphatic rings. The van der Waals surface area contributed by atoms with Gasteiger partial charge < -0.3 is 28.2 Å². The molecule has 0 saturated carbocycles. The molecule has 2 bridgehead atoms. The summed E-state index contributed by atoms with van der Waals surface area (Å²) in [6.07, 6.45) is 2.54. The van der Waals surface area contributed by atoms with E-state index in [9.17, 15) is 9.59 Å². The van der Waals surface area contributed by atoms with Gasteiger partial charge in [-0.25, -0.2) is 0 Å². The van der Waals surface area contributed by atoms with Crippen molar-refractivity contribution in [1.82, 2.24) is 19.6 Å². The van der Waals surface area contributed by atoms with Crippen molar-refractivity contribution in [3.63, 3.8) is 0 Å². The van der Waals surface area contributed by atoms with Gasteiger partial charge in [0.15, 0.2) is 11.5 Å². The van der Waals surface area contributed by atoms with Crippen LogP contribution in [0.4, 0.5) is 0 Å². The molecule has 0 N–H and O–H groups in total. The molecule has 1 amide bonds. The number of aryl methyl sites for hydroxylation is 1. The number of piperidine rings is 1. The monoisotopic (exact) mass is 494 g/mol. The number of nitrogens with zero attached hydrogens (tertiary/aromatic N) is 4. The van der Waals surface area contributed by atoms with Crippen molar-refractivity contribution >= 4 is 5.91 Å². The number of ether oxygens (including phenoxy) is 3. The van der Waals surface area contributed by atoms with E-state index in [-0.39, 0.29) is 17.4 Å². The third-order valence-corrected chi connectivity index (χ3v) is 7.00. The molecular formula is C26H30N4O6. The van der Waals surface area contributed by atoms with Gasteiger partial charge in [0.05, 0.1) is 21.3 Å².